The number of fused-ring (bicyclic) bond motifs is 1. The van der Waals surface area contributed by atoms with Crippen LogP contribution in [0.2, 0.25) is 0 Å². The molecule has 0 N–H and O–H groups in total. The molecule has 2 aromatic rings. The van der Waals surface area contributed by atoms with Gasteiger partial charge < -0.3 is 14.0 Å². The molecule has 1 heterocycles. The van der Waals surface area contributed by atoms with Crippen molar-refractivity contribution in [2.45, 2.75) is 32.7 Å². The molecule has 0 amide bonds. The fourth-order valence-corrected chi connectivity index (χ4v) is 2.55. The maximum Gasteiger partial charge on any atom is 0.798 e. The predicted molar refractivity (Wildman–Crippen MR) is 87.7 cm³/mol. The van der Waals surface area contributed by atoms with Crippen LogP contribution in [-0.2, 0) is 4.65 Å². The lowest BCUT2D eigenvalue weighted by Gasteiger charge is -2.16. The Morgan fingerprint density at radius 1 is 1.27 bits per heavy atom. The van der Waals surface area contributed by atoms with Gasteiger partial charge in [-0.1, -0.05) is 13.8 Å². The Kier molecular flexibility index (Phi) is 5.94. The lowest BCUT2D eigenvalue weighted by Crippen LogP contribution is -2.24. The number of rotatable bonds is 4. The zero-order valence-corrected chi connectivity index (χ0v) is 14.3. The SMILES string of the molecule is CC.COc1c(F)c(F)cc2c(=O)c(C(=O)OB(F)F)cn(C3CC3)c12. The van der Waals surface area contributed by atoms with Crippen molar-refractivity contribution in [3.05, 3.63) is 39.7 Å². The third-order valence-corrected chi connectivity index (χ3v) is 3.73. The van der Waals surface area contributed by atoms with Crippen molar-refractivity contribution in [1.29, 1.82) is 0 Å². The zero-order chi connectivity index (χ0) is 19.6. The van der Waals surface area contributed by atoms with Crippen LogP contribution in [0.3, 0.4) is 0 Å². The molecule has 140 valence electrons. The lowest BCUT2D eigenvalue weighted by atomic mass is 10.1. The molecular formula is C16H16BF4NO4. The van der Waals surface area contributed by atoms with Crippen LogP contribution >= 0.6 is 0 Å². The molecule has 0 saturated heterocycles. The molecule has 1 aliphatic rings. The van der Waals surface area contributed by atoms with Gasteiger partial charge in [-0.05, 0) is 18.9 Å². The van der Waals surface area contributed by atoms with E-state index in [9.17, 15) is 27.0 Å². The molecule has 10 heteroatoms. The highest BCUT2D eigenvalue weighted by Crippen LogP contribution is 2.40. The number of carbonyl (C=O) groups is 1. The number of nitrogens with zero attached hydrogens (tertiary/aromatic N) is 1. The molecule has 1 aromatic heterocycles. The lowest BCUT2D eigenvalue weighted by molar-refractivity contribution is 0.0693. The summed E-state index contributed by atoms with van der Waals surface area (Å²) < 4.78 is 62.1. The van der Waals surface area contributed by atoms with E-state index in [4.69, 9.17) is 4.74 Å². The molecule has 0 unspecified atom stereocenters. The minimum absolute atomic E-state index is 0.0301. The highest BCUT2D eigenvalue weighted by molar-refractivity contribution is 6.38. The van der Waals surface area contributed by atoms with Crippen LogP contribution in [-0.4, -0.2) is 25.1 Å². The largest absolute Gasteiger partial charge is 0.798 e. The summed E-state index contributed by atoms with van der Waals surface area (Å²) in [5, 5.41) is -0.346. The van der Waals surface area contributed by atoms with Crippen LogP contribution in [0.15, 0.2) is 17.1 Å². The number of hydrogen-bond donors (Lipinski definition) is 0. The molecule has 0 aliphatic heterocycles. The van der Waals surface area contributed by atoms with Gasteiger partial charge in [-0.3, -0.25) is 4.79 Å². The Hall–Kier alpha value is -2.52. The van der Waals surface area contributed by atoms with Gasteiger partial charge in [0, 0.05) is 12.2 Å². The van der Waals surface area contributed by atoms with Crippen molar-refractivity contribution in [2.24, 2.45) is 0 Å². The second-order valence-electron chi connectivity index (χ2n) is 5.28. The predicted octanol–water partition coefficient (Wildman–Crippen LogP) is 3.73. The summed E-state index contributed by atoms with van der Waals surface area (Å²) in [4.78, 5) is 24.1. The van der Waals surface area contributed by atoms with Gasteiger partial charge in [-0.25, -0.2) is 17.8 Å². The van der Waals surface area contributed by atoms with Gasteiger partial charge in [0.05, 0.1) is 18.0 Å². The number of hydrogen-bond acceptors (Lipinski definition) is 4. The van der Waals surface area contributed by atoms with E-state index < -0.39 is 41.8 Å². The molecule has 1 saturated carbocycles. The Balaban J connectivity index is 0.00000117. The number of carbonyl (C=O) groups excluding carboxylic acids is 1. The molecule has 1 aliphatic carbocycles. The molecule has 0 spiro atoms. The Morgan fingerprint density at radius 2 is 1.88 bits per heavy atom. The monoisotopic (exact) mass is 373 g/mol. The number of aromatic nitrogens is 1. The molecule has 5 nitrogen and oxygen atoms in total. The summed E-state index contributed by atoms with van der Waals surface area (Å²) in [6, 6.07) is 0.443. The van der Waals surface area contributed by atoms with Crippen LogP contribution in [0.25, 0.3) is 10.9 Å². The Morgan fingerprint density at radius 3 is 2.38 bits per heavy atom. The summed E-state index contributed by atoms with van der Waals surface area (Å²) in [5.74, 6) is -4.64. The fourth-order valence-electron chi connectivity index (χ4n) is 2.55. The van der Waals surface area contributed by atoms with Crippen molar-refractivity contribution < 1.29 is 31.6 Å². The highest BCUT2D eigenvalue weighted by atomic mass is 19.2. The standard InChI is InChI=1S/C14H10BF4NO4.C2H6/c1-23-13-10(17)9(16)4-7-11(13)20(6-2-3-6)5-8(12(7)21)14(22)24-15(18)19;1-2/h4-6H,2-3H2,1H3;1-2H3. The van der Waals surface area contributed by atoms with Gasteiger partial charge >= 0.3 is 13.4 Å². The minimum atomic E-state index is -3.40. The number of methoxy groups -OCH3 is 1. The molecular weight excluding hydrogens is 357 g/mol. The van der Waals surface area contributed by atoms with Gasteiger partial charge in [-0.2, -0.15) is 4.39 Å². The quantitative estimate of drug-likeness (QED) is 0.606. The number of halogens is 4. The van der Waals surface area contributed by atoms with Gasteiger partial charge in [0.1, 0.15) is 5.56 Å². The van der Waals surface area contributed by atoms with Crippen molar-refractivity contribution in [1.82, 2.24) is 4.57 Å². The zero-order valence-electron chi connectivity index (χ0n) is 14.3. The van der Waals surface area contributed by atoms with E-state index in [0.29, 0.717) is 18.9 Å². The second kappa shape index (κ2) is 7.80. The normalized spacial score (nSPS) is 13.0. The van der Waals surface area contributed by atoms with E-state index in [-0.39, 0.29) is 16.9 Å². The van der Waals surface area contributed by atoms with Gasteiger partial charge in [0.25, 0.3) is 0 Å². The first-order valence-electron chi connectivity index (χ1n) is 7.95. The van der Waals surface area contributed by atoms with E-state index in [1.165, 1.54) is 4.57 Å². The van der Waals surface area contributed by atoms with Gasteiger partial charge in [-0.15, -0.1) is 0 Å². The van der Waals surface area contributed by atoms with E-state index in [1.54, 1.807) is 0 Å². The summed E-state index contributed by atoms with van der Waals surface area (Å²) >= 11 is 0. The highest BCUT2D eigenvalue weighted by Gasteiger charge is 2.32. The number of pyridine rings is 1. The van der Waals surface area contributed by atoms with E-state index >= 15 is 0 Å². The first-order chi connectivity index (χ1) is 12.3. The Bertz CT molecular complexity index is 896. The summed E-state index contributed by atoms with van der Waals surface area (Å²) in [5.41, 5.74) is -1.75. The van der Waals surface area contributed by atoms with Crippen LogP contribution in [0.4, 0.5) is 17.4 Å². The summed E-state index contributed by atoms with van der Waals surface area (Å²) in [6.45, 7) is 4.00. The second-order valence-corrected chi connectivity index (χ2v) is 5.28. The first-order valence-corrected chi connectivity index (χ1v) is 7.95. The third kappa shape index (κ3) is 3.54. The van der Waals surface area contributed by atoms with Crippen molar-refractivity contribution >= 4 is 24.3 Å². The van der Waals surface area contributed by atoms with Gasteiger partial charge in [0.2, 0.25) is 11.2 Å². The fraction of sp³-hybridized carbons (Fsp3) is 0.375. The molecule has 1 fully saturated rings. The van der Waals surface area contributed by atoms with Crippen LogP contribution in [0.5, 0.6) is 5.75 Å². The summed E-state index contributed by atoms with van der Waals surface area (Å²) in [7, 11) is -2.29. The van der Waals surface area contributed by atoms with Crippen LogP contribution in [0, 0.1) is 11.6 Å². The average molecular weight is 373 g/mol. The van der Waals surface area contributed by atoms with E-state index in [1.807, 2.05) is 13.8 Å². The third-order valence-electron chi connectivity index (χ3n) is 3.73. The van der Waals surface area contributed by atoms with Crippen molar-refractivity contribution in [3.8, 4) is 5.75 Å². The first kappa shape index (κ1) is 19.8. The van der Waals surface area contributed by atoms with E-state index in [2.05, 4.69) is 4.65 Å². The van der Waals surface area contributed by atoms with Crippen LogP contribution in [0.1, 0.15) is 43.1 Å². The topological polar surface area (TPSA) is 57.5 Å². The summed E-state index contributed by atoms with van der Waals surface area (Å²) in [6.07, 6.45) is 2.36. The number of benzene rings is 1. The van der Waals surface area contributed by atoms with Crippen molar-refractivity contribution in [3.63, 3.8) is 0 Å². The minimum Gasteiger partial charge on any atom is -0.491 e. The molecule has 3 rings (SSSR count). The molecule has 0 radical (unpaired) electrons. The number of ether oxygens (including phenoxy) is 1. The smallest absolute Gasteiger partial charge is 0.491 e. The molecule has 0 bridgehead atoms. The molecule has 1 aromatic carbocycles. The maximum atomic E-state index is 14.0. The average Bonchev–Trinajstić information content (AvgIpc) is 3.43. The van der Waals surface area contributed by atoms with E-state index in [0.717, 1.165) is 13.3 Å². The van der Waals surface area contributed by atoms with Crippen molar-refractivity contribution in [2.75, 3.05) is 7.11 Å². The molecule has 26 heavy (non-hydrogen) atoms. The molecule has 0 atom stereocenters. The van der Waals surface area contributed by atoms with Gasteiger partial charge in [0.15, 0.2) is 11.6 Å². The van der Waals surface area contributed by atoms with Crippen LogP contribution < -0.4 is 10.2 Å². The Labute approximate surface area is 146 Å². The maximum absolute atomic E-state index is 14.0.